The maximum atomic E-state index is 11.8. The van der Waals surface area contributed by atoms with Crippen molar-refractivity contribution in [3.63, 3.8) is 0 Å². The molecule has 0 unspecified atom stereocenters. The van der Waals surface area contributed by atoms with Crippen molar-refractivity contribution in [2.24, 2.45) is 0 Å². The predicted molar refractivity (Wildman–Crippen MR) is 56.0 cm³/mol. The number of nitrogens with zero attached hydrogens (tertiary/aromatic N) is 2. The molecule has 0 N–H and O–H groups in total. The topological polar surface area (TPSA) is 27.1 Å². The Balaban J connectivity index is 2.53. The van der Waals surface area contributed by atoms with Crippen LogP contribution in [0.15, 0.2) is 10.7 Å². The van der Waals surface area contributed by atoms with E-state index in [0.717, 1.165) is 4.47 Å². The van der Waals surface area contributed by atoms with Crippen LogP contribution in [0.1, 0.15) is 25.6 Å². The molecule has 0 saturated heterocycles. The lowest BCUT2D eigenvalue weighted by atomic mass is 10.4. The molecule has 0 radical (unpaired) electrons. The highest BCUT2D eigenvalue weighted by atomic mass is 79.9. The van der Waals surface area contributed by atoms with Gasteiger partial charge >= 0.3 is 0 Å². The van der Waals surface area contributed by atoms with Gasteiger partial charge in [-0.15, -0.1) is 0 Å². The molecule has 0 bridgehead atoms. The zero-order valence-electron chi connectivity index (χ0n) is 8.58. The average Bonchev–Trinajstić information content (AvgIpc) is 2.47. The first-order valence-electron chi connectivity index (χ1n) is 4.60. The van der Waals surface area contributed by atoms with Gasteiger partial charge in [0, 0.05) is 12.2 Å². The quantitative estimate of drug-likeness (QED) is 0.830. The Hall–Kier alpha value is -0.490. The lowest BCUT2D eigenvalue weighted by Crippen LogP contribution is -2.06. The van der Waals surface area contributed by atoms with Crippen LogP contribution in [-0.2, 0) is 11.3 Å². The van der Waals surface area contributed by atoms with E-state index in [4.69, 9.17) is 4.74 Å². The third-order valence-corrected chi connectivity index (χ3v) is 2.43. The molecule has 6 heteroatoms. The second-order valence-corrected chi connectivity index (χ2v) is 4.26. The van der Waals surface area contributed by atoms with Crippen molar-refractivity contribution in [1.29, 1.82) is 0 Å². The fraction of sp³-hybridized carbons (Fsp3) is 0.667. The molecule has 0 aromatic carbocycles. The third-order valence-electron chi connectivity index (χ3n) is 1.77. The summed E-state index contributed by atoms with van der Waals surface area (Å²) < 4.78 is 31.0. The van der Waals surface area contributed by atoms with E-state index < -0.39 is 13.0 Å². The van der Waals surface area contributed by atoms with Crippen LogP contribution in [0.4, 0.5) is 8.78 Å². The fourth-order valence-corrected chi connectivity index (χ4v) is 1.42. The molecular formula is C9H13BrF2N2O. The van der Waals surface area contributed by atoms with Crippen LogP contribution in [-0.4, -0.2) is 22.8 Å². The van der Waals surface area contributed by atoms with E-state index in [9.17, 15) is 8.78 Å². The number of aromatic nitrogens is 2. The highest BCUT2D eigenvalue weighted by Gasteiger charge is 2.10. The number of hydrogen-bond donors (Lipinski definition) is 0. The second-order valence-electron chi connectivity index (χ2n) is 3.40. The van der Waals surface area contributed by atoms with Gasteiger partial charge in [0.1, 0.15) is 12.3 Å². The van der Waals surface area contributed by atoms with Gasteiger partial charge in [-0.25, -0.2) is 8.78 Å². The fourth-order valence-electron chi connectivity index (χ4n) is 1.01. The summed E-state index contributed by atoms with van der Waals surface area (Å²) in [7, 11) is 0. The molecule has 1 aromatic heterocycles. The Morgan fingerprint density at radius 3 is 2.67 bits per heavy atom. The SMILES string of the molecule is CC(C)n1cc(Br)c(COCC(F)F)n1. The van der Waals surface area contributed by atoms with Gasteiger partial charge in [-0.2, -0.15) is 5.10 Å². The number of ether oxygens (including phenoxy) is 1. The van der Waals surface area contributed by atoms with Gasteiger partial charge in [0.25, 0.3) is 6.43 Å². The van der Waals surface area contributed by atoms with E-state index >= 15 is 0 Å². The summed E-state index contributed by atoms with van der Waals surface area (Å²) in [5, 5.41) is 4.21. The molecule has 0 atom stereocenters. The van der Waals surface area contributed by atoms with E-state index in [1.54, 1.807) is 4.68 Å². The van der Waals surface area contributed by atoms with Crippen LogP contribution in [0.25, 0.3) is 0 Å². The van der Waals surface area contributed by atoms with Crippen molar-refractivity contribution in [2.45, 2.75) is 32.9 Å². The first-order valence-corrected chi connectivity index (χ1v) is 5.39. The van der Waals surface area contributed by atoms with Gasteiger partial charge in [0.15, 0.2) is 0 Å². The van der Waals surface area contributed by atoms with Crippen LogP contribution in [0.2, 0.25) is 0 Å². The average molecular weight is 283 g/mol. The highest BCUT2D eigenvalue weighted by Crippen LogP contribution is 2.18. The Labute approximate surface area is 95.5 Å². The van der Waals surface area contributed by atoms with Crippen molar-refractivity contribution < 1.29 is 13.5 Å². The number of rotatable bonds is 5. The van der Waals surface area contributed by atoms with Crippen molar-refractivity contribution >= 4 is 15.9 Å². The van der Waals surface area contributed by atoms with E-state index in [2.05, 4.69) is 21.0 Å². The van der Waals surface area contributed by atoms with Crippen molar-refractivity contribution in [2.75, 3.05) is 6.61 Å². The van der Waals surface area contributed by atoms with Crippen LogP contribution in [0.5, 0.6) is 0 Å². The summed E-state index contributed by atoms with van der Waals surface area (Å²) in [6.07, 6.45) is -0.623. The maximum Gasteiger partial charge on any atom is 0.261 e. The summed E-state index contributed by atoms with van der Waals surface area (Å²) in [6.45, 7) is 3.53. The van der Waals surface area contributed by atoms with Crippen molar-refractivity contribution in [1.82, 2.24) is 9.78 Å². The Kier molecular flexibility index (Phi) is 4.66. The molecular weight excluding hydrogens is 270 g/mol. The minimum atomic E-state index is -2.43. The van der Waals surface area contributed by atoms with Crippen LogP contribution in [0.3, 0.4) is 0 Å². The van der Waals surface area contributed by atoms with Gasteiger partial charge < -0.3 is 4.74 Å². The molecule has 86 valence electrons. The van der Waals surface area contributed by atoms with Gasteiger partial charge in [-0.05, 0) is 29.8 Å². The number of alkyl halides is 2. The van der Waals surface area contributed by atoms with Gasteiger partial charge in [0.2, 0.25) is 0 Å². The zero-order chi connectivity index (χ0) is 11.4. The molecule has 1 heterocycles. The Bertz CT molecular complexity index is 315. The highest BCUT2D eigenvalue weighted by molar-refractivity contribution is 9.10. The van der Waals surface area contributed by atoms with Crippen LogP contribution >= 0.6 is 15.9 Å². The standard InChI is InChI=1S/C9H13BrF2N2O/c1-6(2)14-3-7(10)8(13-14)4-15-5-9(11)12/h3,6,9H,4-5H2,1-2H3. The summed E-state index contributed by atoms with van der Waals surface area (Å²) >= 11 is 3.30. The monoisotopic (exact) mass is 282 g/mol. The molecule has 1 rings (SSSR count). The largest absolute Gasteiger partial charge is 0.369 e. The molecule has 15 heavy (non-hydrogen) atoms. The van der Waals surface area contributed by atoms with Crippen LogP contribution < -0.4 is 0 Å². The minimum Gasteiger partial charge on any atom is -0.369 e. The van der Waals surface area contributed by atoms with E-state index in [0.29, 0.717) is 5.69 Å². The van der Waals surface area contributed by atoms with Gasteiger partial charge in [-0.1, -0.05) is 0 Å². The van der Waals surface area contributed by atoms with Gasteiger partial charge in [-0.3, -0.25) is 4.68 Å². The summed E-state index contributed by atoms with van der Waals surface area (Å²) in [5.74, 6) is 0. The lowest BCUT2D eigenvalue weighted by Gasteiger charge is -2.04. The first-order chi connectivity index (χ1) is 7.00. The summed E-state index contributed by atoms with van der Waals surface area (Å²) in [5.41, 5.74) is 0.643. The lowest BCUT2D eigenvalue weighted by molar-refractivity contribution is 0.00848. The molecule has 3 nitrogen and oxygen atoms in total. The first kappa shape index (κ1) is 12.6. The number of hydrogen-bond acceptors (Lipinski definition) is 2. The smallest absolute Gasteiger partial charge is 0.261 e. The molecule has 0 amide bonds. The van der Waals surface area contributed by atoms with E-state index in [-0.39, 0.29) is 12.6 Å². The molecule has 0 aliphatic carbocycles. The zero-order valence-corrected chi connectivity index (χ0v) is 10.2. The molecule has 0 aliphatic heterocycles. The predicted octanol–water partition coefficient (Wildman–Crippen LogP) is 3.01. The second kappa shape index (κ2) is 5.55. The molecule has 0 spiro atoms. The van der Waals surface area contributed by atoms with E-state index in [1.165, 1.54) is 0 Å². The Morgan fingerprint density at radius 1 is 1.53 bits per heavy atom. The third kappa shape index (κ3) is 3.87. The Morgan fingerprint density at radius 2 is 2.20 bits per heavy atom. The van der Waals surface area contributed by atoms with Crippen LogP contribution in [0, 0.1) is 0 Å². The van der Waals surface area contributed by atoms with Crippen molar-refractivity contribution in [3.05, 3.63) is 16.4 Å². The summed E-state index contributed by atoms with van der Waals surface area (Å²) in [6, 6.07) is 0.241. The van der Waals surface area contributed by atoms with Gasteiger partial charge in [0.05, 0.1) is 11.1 Å². The van der Waals surface area contributed by atoms with E-state index in [1.807, 2.05) is 20.0 Å². The molecule has 0 fully saturated rings. The molecule has 0 saturated carbocycles. The molecule has 1 aromatic rings. The molecule has 0 aliphatic rings. The van der Waals surface area contributed by atoms with Crippen molar-refractivity contribution in [3.8, 4) is 0 Å². The number of halogens is 3. The maximum absolute atomic E-state index is 11.8. The normalized spacial score (nSPS) is 11.7. The minimum absolute atomic E-state index is 0.102. The summed E-state index contributed by atoms with van der Waals surface area (Å²) in [4.78, 5) is 0.